The number of carbonyl (C=O) groups is 1. The van der Waals surface area contributed by atoms with Crippen LogP contribution in [-0.2, 0) is 14.8 Å². The summed E-state index contributed by atoms with van der Waals surface area (Å²) in [5.41, 5.74) is 5.47. The smallest absolute Gasteiger partial charge is 0.235 e. The van der Waals surface area contributed by atoms with Crippen LogP contribution < -0.4 is 10.5 Å². The average molecular weight is 234 g/mol. The van der Waals surface area contributed by atoms with Crippen molar-refractivity contribution < 1.29 is 13.2 Å². The maximum absolute atomic E-state index is 11.4. The second kappa shape index (κ2) is 4.49. The molecule has 0 aromatic rings. The fourth-order valence-electron chi connectivity index (χ4n) is 1.86. The Morgan fingerprint density at radius 2 is 1.93 bits per heavy atom. The fourth-order valence-corrected chi connectivity index (χ4v) is 2.42. The first-order valence-corrected chi connectivity index (χ1v) is 6.84. The Morgan fingerprint density at radius 3 is 2.40 bits per heavy atom. The van der Waals surface area contributed by atoms with E-state index in [9.17, 15) is 13.2 Å². The highest BCUT2D eigenvalue weighted by Gasteiger charge is 2.32. The summed E-state index contributed by atoms with van der Waals surface area (Å²) in [6.07, 6.45) is 3.74. The van der Waals surface area contributed by atoms with Gasteiger partial charge < -0.3 is 5.73 Å². The normalized spacial score (nSPS) is 20.1. The van der Waals surface area contributed by atoms with Crippen molar-refractivity contribution in [1.29, 1.82) is 0 Å². The van der Waals surface area contributed by atoms with E-state index in [4.69, 9.17) is 5.73 Å². The molecule has 0 aromatic heterocycles. The molecule has 1 saturated carbocycles. The maximum Gasteiger partial charge on any atom is 0.235 e. The Hall–Kier alpha value is -0.620. The lowest BCUT2D eigenvalue weighted by Crippen LogP contribution is -2.43. The molecule has 1 rings (SSSR count). The third-order valence-electron chi connectivity index (χ3n) is 2.76. The first-order chi connectivity index (χ1) is 6.87. The van der Waals surface area contributed by atoms with E-state index >= 15 is 0 Å². The number of nitrogens with two attached hydrogens (primary N) is 1. The molecule has 0 aromatic carbocycles. The largest absolute Gasteiger partial charge is 0.325 e. The van der Waals surface area contributed by atoms with Crippen LogP contribution in [0.25, 0.3) is 0 Å². The second-order valence-electron chi connectivity index (χ2n) is 4.17. The van der Waals surface area contributed by atoms with Gasteiger partial charge in [-0.15, -0.1) is 0 Å². The van der Waals surface area contributed by atoms with Gasteiger partial charge in [0.2, 0.25) is 15.9 Å². The van der Waals surface area contributed by atoms with Crippen LogP contribution in [0.4, 0.5) is 0 Å². The maximum atomic E-state index is 11.4. The van der Waals surface area contributed by atoms with Crippen LogP contribution in [-0.4, -0.2) is 25.6 Å². The molecule has 1 aliphatic carbocycles. The van der Waals surface area contributed by atoms with E-state index in [0.29, 0.717) is 0 Å². The van der Waals surface area contributed by atoms with Crippen molar-refractivity contribution in [3.63, 3.8) is 0 Å². The Morgan fingerprint density at radius 1 is 1.40 bits per heavy atom. The summed E-state index contributed by atoms with van der Waals surface area (Å²) < 4.78 is 24.2. The van der Waals surface area contributed by atoms with Gasteiger partial charge in [0.05, 0.1) is 5.75 Å². The molecule has 0 saturated heterocycles. The minimum Gasteiger partial charge on any atom is -0.325 e. The van der Waals surface area contributed by atoms with E-state index in [-0.39, 0.29) is 12.2 Å². The van der Waals surface area contributed by atoms with Crippen molar-refractivity contribution in [3.8, 4) is 0 Å². The SMILES string of the molecule is CCS(=O)(=O)NC(=O)CC1(N)CCCC1. The topological polar surface area (TPSA) is 89.3 Å². The molecule has 0 spiro atoms. The van der Waals surface area contributed by atoms with Crippen LogP contribution in [0.3, 0.4) is 0 Å². The van der Waals surface area contributed by atoms with Gasteiger partial charge in [-0.25, -0.2) is 8.42 Å². The zero-order valence-corrected chi connectivity index (χ0v) is 9.77. The zero-order chi connectivity index (χ0) is 11.5. The van der Waals surface area contributed by atoms with Crippen LogP contribution in [0.1, 0.15) is 39.0 Å². The molecule has 1 aliphatic rings. The summed E-state index contributed by atoms with van der Waals surface area (Å²) in [5.74, 6) is -0.572. The van der Waals surface area contributed by atoms with E-state index < -0.39 is 21.5 Å². The summed E-state index contributed by atoms with van der Waals surface area (Å²) >= 11 is 0. The molecular formula is C9H18N2O3S. The van der Waals surface area contributed by atoms with Crippen molar-refractivity contribution in [2.75, 3.05) is 5.75 Å². The highest BCUT2D eigenvalue weighted by atomic mass is 32.2. The summed E-state index contributed by atoms with van der Waals surface area (Å²) in [6, 6.07) is 0. The van der Waals surface area contributed by atoms with E-state index in [1.807, 2.05) is 4.72 Å². The Kier molecular flexibility index (Phi) is 3.72. The van der Waals surface area contributed by atoms with Crippen molar-refractivity contribution in [3.05, 3.63) is 0 Å². The number of rotatable bonds is 4. The fraction of sp³-hybridized carbons (Fsp3) is 0.889. The molecule has 0 atom stereocenters. The molecule has 1 amide bonds. The van der Waals surface area contributed by atoms with Crippen LogP contribution in [0.2, 0.25) is 0 Å². The molecule has 0 radical (unpaired) electrons. The molecule has 15 heavy (non-hydrogen) atoms. The third kappa shape index (κ3) is 3.79. The summed E-state index contributed by atoms with van der Waals surface area (Å²) in [7, 11) is -3.44. The van der Waals surface area contributed by atoms with Crippen molar-refractivity contribution in [2.45, 2.75) is 44.6 Å². The zero-order valence-electron chi connectivity index (χ0n) is 8.95. The van der Waals surface area contributed by atoms with Gasteiger partial charge in [0.1, 0.15) is 0 Å². The molecule has 6 heteroatoms. The first-order valence-electron chi connectivity index (χ1n) is 5.19. The lowest BCUT2D eigenvalue weighted by molar-refractivity contribution is -0.120. The Balaban J connectivity index is 2.49. The number of carbonyl (C=O) groups excluding carboxylic acids is 1. The third-order valence-corrected chi connectivity index (χ3v) is 4.06. The van der Waals surface area contributed by atoms with Gasteiger partial charge in [-0.2, -0.15) is 0 Å². The van der Waals surface area contributed by atoms with Gasteiger partial charge in [-0.05, 0) is 19.8 Å². The predicted octanol–water partition coefficient (Wildman–Crippen LogP) is 0.114. The highest BCUT2D eigenvalue weighted by Crippen LogP contribution is 2.29. The molecule has 1 fully saturated rings. The van der Waals surface area contributed by atoms with E-state index in [1.165, 1.54) is 6.92 Å². The number of sulfonamides is 1. The lowest BCUT2D eigenvalue weighted by atomic mass is 9.95. The highest BCUT2D eigenvalue weighted by molar-refractivity contribution is 7.90. The van der Waals surface area contributed by atoms with Crippen LogP contribution in [0, 0.1) is 0 Å². The van der Waals surface area contributed by atoms with Gasteiger partial charge in [-0.1, -0.05) is 12.8 Å². The Bertz CT molecular complexity index is 331. The van der Waals surface area contributed by atoms with Crippen LogP contribution >= 0.6 is 0 Å². The molecule has 5 nitrogen and oxygen atoms in total. The lowest BCUT2D eigenvalue weighted by Gasteiger charge is -2.22. The molecule has 0 bridgehead atoms. The molecule has 0 heterocycles. The van der Waals surface area contributed by atoms with E-state index in [2.05, 4.69) is 0 Å². The summed E-state index contributed by atoms with van der Waals surface area (Å²) in [4.78, 5) is 11.4. The van der Waals surface area contributed by atoms with Gasteiger partial charge in [0.25, 0.3) is 0 Å². The van der Waals surface area contributed by atoms with Gasteiger partial charge in [-0.3, -0.25) is 9.52 Å². The van der Waals surface area contributed by atoms with Crippen molar-refractivity contribution in [1.82, 2.24) is 4.72 Å². The van der Waals surface area contributed by atoms with Crippen LogP contribution in [0.15, 0.2) is 0 Å². The standard InChI is InChI=1S/C9H18N2O3S/c1-2-15(13,14)11-8(12)7-9(10)5-3-4-6-9/h2-7,10H2,1H3,(H,11,12). The average Bonchev–Trinajstić information content (AvgIpc) is 2.50. The molecular weight excluding hydrogens is 216 g/mol. The summed E-state index contributed by atoms with van der Waals surface area (Å²) in [6.45, 7) is 1.49. The number of amides is 1. The van der Waals surface area contributed by atoms with Gasteiger partial charge in [0.15, 0.2) is 0 Å². The quantitative estimate of drug-likeness (QED) is 0.722. The van der Waals surface area contributed by atoms with E-state index in [0.717, 1.165) is 25.7 Å². The van der Waals surface area contributed by atoms with Gasteiger partial charge in [0, 0.05) is 12.0 Å². The number of hydrogen-bond acceptors (Lipinski definition) is 4. The predicted molar refractivity (Wildman–Crippen MR) is 57.6 cm³/mol. The van der Waals surface area contributed by atoms with Gasteiger partial charge >= 0.3 is 0 Å². The minimum absolute atomic E-state index is 0.0870. The first kappa shape index (κ1) is 12.4. The number of hydrogen-bond donors (Lipinski definition) is 2. The van der Waals surface area contributed by atoms with Crippen LogP contribution in [0.5, 0.6) is 0 Å². The molecule has 0 unspecified atom stereocenters. The second-order valence-corrected chi connectivity index (χ2v) is 6.19. The summed E-state index contributed by atoms with van der Waals surface area (Å²) in [5, 5.41) is 0. The monoisotopic (exact) mass is 234 g/mol. The number of nitrogens with one attached hydrogen (secondary N) is 1. The van der Waals surface area contributed by atoms with Crippen molar-refractivity contribution >= 4 is 15.9 Å². The molecule has 0 aliphatic heterocycles. The molecule has 88 valence electrons. The van der Waals surface area contributed by atoms with E-state index in [1.54, 1.807) is 0 Å². The van der Waals surface area contributed by atoms with Crippen molar-refractivity contribution in [2.24, 2.45) is 5.73 Å². The molecule has 3 N–H and O–H groups in total. The minimum atomic E-state index is -3.44. The Labute approximate surface area is 90.5 Å².